The Morgan fingerprint density at radius 1 is 1.21 bits per heavy atom. The van der Waals surface area contributed by atoms with Gasteiger partial charge in [-0.05, 0) is 42.8 Å². The van der Waals surface area contributed by atoms with Gasteiger partial charge in [0.2, 0.25) is 0 Å². The number of benzene rings is 1. The third-order valence-corrected chi connectivity index (χ3v) is 5.50. The van der Waals surface area contributed by atoms with Crippen molar-refractivity contribution in [3.8, 4) is 0 Å². The van der Waals surface area contributed by atoms with Crippen molar-refractivity contribution in [1.29, 1.82) is 0 Å². The lowest BCUT2D eigenvalue weighted by molar-refractivity contribution is 0.277. The Hall–Kier alpha value is -0.860. The Morgan fingerprint density at radius 2 is 2.00 bits per heavy atom. The lowest BCUT2D eigenvalue weighted by Gasteiger charge is -2.30. The standard InChI is InChI=1S/C17H23NS/c1-2-18-17(13-8-4-3-5-9-13)16-12-14-10-6-7-11-15(14)19-16/h6-7,10-13,17-18H,2-5,8-9H2,1H3. The van der Waals surface area contributed by atoms with E-state index in [0.29, 0.717) is 6.04 Å². The lowest BCUT2D eigenvalue weighted by Crippen LogP contribution is -2.28. The molecule has 2 heteroatoms. The molecule has 3 rings (SSSR count). The van der Waals surface area contributed by atoms with Crippen LogP contribution in [-0.4, -0.2) is 6.54 Å². The zero-order valence-corrected chi connectivity index (χ0v) is 12.5. The third kappa shape index (κ3) is 2.85. The van der Waals surface area contributed by atoms with Crippen LogP contribution in [0.4, 0.5) is 0 Å². The molecule has 0 radical (unpaired) electrons. The molecule has 1 aliphatic carbocycles. The van der Waals surface area contributed by atoms with Gasteiger partial charge >= 0.3 is 0 Å². The van der Waals surface area contributed by atoms with Crippen molar-refractivity contribution in [2.24, 2.45) is 5.92 Å². The number of thiophene rings is 1. The first-order valence-corrected chi connectivity index (χ1v) is 8.42. The molecular weight excluding hydrogens is 250 g/mol. The fraction of sp³-hybridized carbons (Fsp3) is 0.529. The van der Waals surface area contributed by atoms with E-state index in [1.54, 1.807) is 0 Å². The van der Waals surface area contributed by atoms with Gasteiger partial charge in [0.1, 0.15) is 0 Å². The van der Waals surface area contributed by atoms with Gasteiger partial charge in [0.15, 0.2) is 0 Å². The van der Waals surface area contributed by atoms with Crippen molar-refractivity contribution in [2.45, 2.75) is 45.1 Å². The molecular formula is C17H23NS. The summed E-state index contributed by atoms with van der Waals surface area (Å²) in [6.45, 7) is 3.29. The largest absolute Gasteiger partial charge is 0.309 e. The molecule has 0 bridgehead atoms. The smallest absolute Gasteiger partial charge is 0.0443 e. The number of nitrogens with one attached hydrogen (secondary N) is 1. The van der Waals surface area contributed by atoms with Gasteiger partial charge in [0.25, 0.3) is 0 Å². The zero-order valence-electron chi connectivity index (χ0n) is 11.7. The monoisotopic (exact) mass is 273 g/mol. The highest BCUT2D eigenvalue weighted by molar-refractivity contribution is 7.19. The van der Waals surface area contributed by atoms with Gasteiger partial charge in [-0.2, -0.15) is 0 Å². The average Bonchev–Trinajstić information content (AvgIpc) is 2.89. The number of hydrogen-bond donors (Lipinski definition) is 1. The van der Waals surface area contributed by atoms with Gasteiger partial charge in [-0.25, -0.2) is 0 Å². The molecule has 2 aromatic rings. The molecule has 1 atom stereocenters. The Balaban J connectivity index is 1.89. The van der Waals surface area contributed by atoms with Crippen molar-refractivity contribution in [2.75, 3.05) is 6.54 Å². The van der Waals surface area contributed by atoms with Crippen LogP contribution in [0.1, 0.15) is 49.9 Å². The summed E-state index contributed by atoms with van der Waals surface area (Å²) in [6.07, 6.45) is 7.05. The Morgan fingerprint density at radius 3 is 2.74 bits per heavy atom. The molecule has 1 fully saturated rings. The van der Waals surface area contributed by atoms with E-state index in [0.717, 1.165) is 12.5 Å². The summed E-state index contributed by atoms with van der Waals surface area (Å²) < 4.78 is 1.43. The summed E-state index contributed by atoms with van der Waals surface area (Å²) in [4.78, 5) is 1.54. The first-order valence-electron chi connectivity index (χ1n) is 7.60. The van der Waals surface area contributed by atoms with E-state index in [2.05, 4.69) is 42.6 Å². The summed E-state index contributed by atoms with van der Waals surface area (Å²) in [5.41, 5.74) is 0. The molecule has 19 heavy (non-hydrogen) atoms. The minimum absolute atomic E-state index is 0.572. The van der Waals surface area contributed by atoms with Gasteiger partial charge in [-0.1, -0.05) is 44.4 Å². The van der Waals surface area contributed by atoms with E-state index in [1.165, 1.54) is 47.1 Å². The molecule has 1 aromatic carbocycles. The maximum Gasteiger partial charge on any atom is 0.0443 e. The molecule has 1 saturated carbocycles. The normalized spacial score (nSPS) is 18.8. The van der Waals surface area contributed by atoms with E-state index in [-0.39, 0.29) is 0 Å². The van der Waals surface area contributed by atoms with E-state index >= 15 is 0 Å². The molecule has 102 valence electrons. The van der Waals surface area contributed by atoms with Crippen LogP contribution in [-0.2, 0) is 0 Å². The maximum absolute atomic E-state index is 3.74. The van der Waals surface area contributed by atoms with Crippen molar-refractivity contribution in [1.82, 2.24) is 5.32 Å². The average molecular weight is 273 g/mol. The topological polar surface area (TPSA) is 12.0 Å². The van der Waals surface area contributed by atoms with Crippen LogP contribution in [0.5, 0.6) is 0 Å². The third-order valence-electron chi connectivity index (χ3n) is 4.30. The molecule has 0 spiro atoms. The fourth-order valence-corrected chi connectivity index (χ4v) is 4.58. The Labute approximate surface area is 120 Å². The van der Waals surface area contributed by atoms with Crippen LogP contribution in [0.25, 0.3) is 10.1 Å². The van der Waals surface area contributed by atoms with E-state index in [1.807, 2.05) is 11.3 Å². The minimum Gasteiger partial charge on any atom is -0.309 e. The zero-order chi connectivity index (χ0) is 13.1. The van der Waals surface area contributed by atoms with Crippen LogP contribution in [0.15, 0.2) is 30.3 Å². The molecule has 0 saturated heterocycles. The second-order valence-electron chi connectivity index (χ2n) is 5.62. The molecule has 1 aromatic heterocycles. The maximum atomic E-state index is 3.74. The summed E-state index contributed by atoms with van der Waals surface area (Å²) in [6, 6.07) is 11.7. The number of rotatable bonds is 4. The van der Waals surface area contributed by atoms with Gasteiger partial charge in [0.05, 0.1) is 0 Å². The van der Waals surface area contributed by atoms with Gasteiger partial charge in [-0.15, -0.1) is 11.3 Å². The van der Waals surface area contributed by atoms with E-state index in [4.69, 9.17) is 0 Å². The van der Waals surface area contributed by atoms with Crippen LogP contribution >= 0.6 is 11.3 Å². The van der Waals surface area contributed by atoms with Crippen LogP contribution in [0, 0.1) is 5.92 Å². The van der Waals surface area contributed by atoms with Crippen LogP contribution in [0.2, 0.25) is 0 Å². The second-order valence-corrected chi connectivity index (χ2v) is 6.74. The summed E-state index contributed by atoms with van der Waals surface area (Å²) in [7, 11) is 0. The summed E-state index contributed by atoms with van der Waals surface area (Å²) >= 11 is 1.98. The SMILES string of the molecule is CCNC(c1cc2ccccc2s1)C1CCCCC1. The molecule has 0 aliphatic heterocycles. The lowest BCUT2D eigenvalue weighted by atomic mass is 9.83. The molecule has 0 amide bonds. The summed E-state index contributed by atoms with van der Waals surface area (Å²) in [5.74, 6) is 0.835. The minimum atomic E-state index is 0.572. The molecule has 1 unspecified atom stereocenters. The molecule has 1 nitrogen and oxygen atoms in total. The Bertz CT molecular complexity index is 492. The van der Waals surface area contributed by atoms with Gasteiger partial charge in [-0.3, -0.25) is 0 Å². The van der Waals surface area contributed by atoms with Crippen LogP contribution < -0.4 is 5.32 Å². The highest BCUT2D eigenvalue weighted by Crippen LogP contribution is 2.39. The number of fused-ring (bicyclic) bond motifs is 1. The number of hydrogen-bond acceptors (Lipinski definition) is 2. The summed E-state index contributed by atoms with van der Waals surface area (Å²) in [5, 5.41) is 5.14. The van der Waals surface area contributed by atoms with E-state index in [9.17, 15) is 0 Å². The highest BCUT2D eigenvalue weighted by Gasteiger charge is 2.25. The van der Waals surface area contributed by atoms with E-state index < -0.39 is 0 Å². The first kappa shape index (κ1) is 13.1. The molecule has 1 aliphatic rings. The van der Waals surface area contributed by atoms with Crippen LogP contribution in [0.3, 0.4) is 0 Å². The Kier molecular flexibility index (Phi) is 4.19. The van der Waals surface area contributed by atoms with Crippen molar-refractivity contribution >= 4 is 21.4 Å². The quantitative estimate of drug-likeness (QED) is 0.814. The van der Waals surface area contributed by atoms with Crippen molar-refractivity contribution in [3.05, 3.63) is 35.2 Å². The highest BCUT2D eigenvalue weighted by atomic mass is 32.1. The predicted octanol–water partition coefficient (Wildman–Crippen LogP) is 5.13. The first-order chi connectivity index (χ1) is 9.38. The van der Waals surface area contributed by atoms with Crippen molar-refractivity contribution in [3.63, 3.8) is 0 Å². The second kappa shape index (κ2) is 6.06. The molecule has 1 N–H and O–H groups in total. The van der Waals surface area contributed by atoms with Gasteiger partial charge < -0.3 is 5.32 Å². The predicted molar refractivity (Wildman–Crippen MR) is 84.8 cm³/mol. The van der Waals surface area contributed by atoms with Crippen molar-refractivity contribution < 1.29 is 0 Å². The molecule has 1 heterocycles. The fourth-order valence-electron chi connectivity index (χ4n) is 3.34. The van der Waals surface area contributed by atoms with Gasteiger partial charge in [0, 0.05) is 15.6 Å².